The predicted octanol–water partition coefficient (Wildman–Crippen LogP) is 0.726. The second-order valence-electron chi connectivity index (χ2n) is 7.51. The van der Waals surface area contributed by atoms with E-state index in [0.29, 0.717) is 0 Å². The first-order chi connectivity index (χ1) is 9.12. The lowest BCUT2D eigenvalue weighted by Gasteiger charge is -2.34. The van der Waals surface area contributed by atoms with Crippen LogP contribution in [0.4, 0.5) is 0 Å². The normalized spacial score (nSPS) is 46.8. The van der Waals surface area contributed by atoms with Crippen molar-refractivity contribution in [2.45, 2.75) is 58.0 Å². The summed E-state index contributed by atoms with van der Waals surface area (Å²) >= 11 is 0. The Morgan fingerprint density at radius 2 is 1.85 bits per heavy atom. The van der Waals surface area contributed by atoms with Gasteiger partial charge in [0.2, 0.25) is 6.29 Å². The Morgan fingerprint density at radius 1 is 1.20 bits per heavy atom. The zero-order chi connectivity index (χ0) is 14.9. The molecule has 0 amide bonds. The molecule has 5 nitrogen and oxygen atoms in total. The maximum absolute atomic E-state index is 11.8. The van der Waals surface area contributed by atoms with Gasteiger partial charge in [0.05, 0.1) is 11.7 Å². The summed E-state index contributed by atoms with van der Waals surface area (Å²) in [6, 6.07) is 0. The summed E-state index contributed by atoms with van der Waals surface area (Å²) in [7, 11) is 0. The van der Waals surface area contributed by atoms with Gasteiger partial charge < -0.3 is 20.1 Å². The van der Waals surface area contributed by atoms with Crippen molar-refractivity contribution < 1.29 is 24.9 Å². The highest BCUT2D eigenvalue weighted by atomic mass is 16.6. The number of carbonyl (C=O) groups excluding carboxylic acids is 1. The standard InChI is InChI=1S/C15H22O5/c1-14(2)4-7-9(6-14)15(3,19)5-8-10(11(7)16)13(18)20-12(8)17/h7,9,11,13,16,18-19H,4-6H2,1-3H3/t7-,9-,11+,13+,15-/m0/s1. The van der Waals surface area contributed by atoms with Crippen LogP contribution >= 0.6 is 0 Å². The molecule has 5 heteroatoms. The molecule has 0 aromatic heterocycles. The fourth-order valence-corrected chi connectivity index (χ4v) is 4.34. The number of cyclic esters (lactones) is 1. The molecule has 3 aliphatic rings. The number of hydrogen-bond donors (Lipinski definition) is 3. The largest absolute Gasteiger partial charge is 0.428 e. The van der Waals surface area contributed by atoms with Gasteiger partial charge in [-0.2, -0.15) is 0 Å². The van der Waals surface area contributed by atoms with Crippen molar-refractivity contribution in [1.29, 1.82) is 0 Å². The Balaban J connectivity index is 2.07. The van der Waals surface area contributed by atoms with E-state index in [4.69, 9.17) is 4.74 Å². The molecule has 0 radical (unpaired) electrons. The summed E-state index contributed by atoms with van der Waals surface area (Å²) in [5, 5.41) is 31.3. The van der Waals surface area contributed by atoms with Gasteiger partial charge in [0.25, 0.3) is 0 Å². The minimum Gasteiger partial charge on any atom is -0.428 e. The van der Waals surface area contributed by atoms with Crippen molar-refractivity contribution in [3.8, 4) is 0 Å². The first-order valence-electron chi connectivity index (χ1n) is 7.15. The molecule has 0 bridgehead atoms. The van der Waals surface area contributed by atoms with Crippen LogP contribution < -0.4 is 0 Å². The lowest BCUT2D eigenvalue weighted by atomic mass is 9.78. The number of esters is 1. The lowest BCUT2D eigenvalue weighted by molar-refractivity contribution is -0.154. The van der Waals surface area contributed by atoms with Crippen LogP contribution in [-0.4, -0.2) is 39.3 Å². The molecule has 20 heavy (non-hydrogen) atoms. The van der Waals surface area contributed by atoms with Crippen LogP contribution in [0.3, 0.4) is 0 Å². The summed E-state index contributed by atoms with van der Waals surface area (Å²) in [5.74, 6) is -0.860. The van der Waals surface area contributed by atoms with E-state index in [1.807, 2.05) is 0 Å². The van der Waals surface area contributed by atoms with Crippen molar-refractivity contribution in [2.75, 3.05) is 0 Å². The first kappa shape index (κ1) is 14.0. The second-order valence-corrected chi connectivity index (χ2v) is 7.51. The summed E-state index contributed by atoms with van der Waals surface area (Å²) in [5.41, 5.74) is -0.519. The molecule has 0 unspecified atom stereocenters. The van der Waals surface area contributed by atoms with Crippen LogP contribution in [0.25, 0.3) is 0 Å². The Bertz CT molecular complexity index is 490. The van der Waals surface area contributed by atoms with Gasteiger partial charge in [-0.3, -0.25) is 0 Å². The number of carbonyl (C=O) groups is 1. The van der Waals surface area contributed by atoms with E-state index in [1.165, 1.54) is 0 Å². The van der Waals surface area contributed by atoms with Crippen molar-refractivity contribution >= 4 is 5.97 Å². The number of rotatable bonds is 0. The van der Waals surface area contributed by atoms with E-state index in [2.05, 4.69) is 13.8 Å². The van der Waals surface area contributed by atoms with Crippen LogP contribution in [0.15, 0.2) is 11.1 Å². The number of aliphatic hydroxyl groups excluding tert-OH is 2. The van der Waals surface area contributed by atoms with E-state index in [9.17, 15) is 20.1 Å². The van der Waals surface area contributed by atoms with E-state index >= 15 is 0 Å². The number of ether oxygens (including phenoxy) is 1. The van der Waals surface area contributed by atoms with Crippen LogP contribution in [0.2, 0.25) is 0 Å². The van der Waals surface area contributed by atoms with Crippen LogP contribution in [0, 0.1) is 17.3 Å². The molecule has 3 rings (SSSR count). The number of aliphatic hydroxyl groups is 3. The van der Waals surface area contributed by atoms with E-state index in [0.717, 1.165) is 12.8 Å². The monoisotopic (exact) mass is 282 g/mol. The molecule has 5 atom stereocenters. The Morgan fingerprint density at radius 3 is 2.50 bits per heavy atom. The van der Waals surface area contributed by atoms with Crippen molar-refractivity contribution in [1.82, 2.24) is 0 Å². The van der Waals surface area contributed by atoms with Gasteiger partial charge >= 0.3 is 5.97 Å². The van der Waals surface area contributed by atoms with Crippen molar-refractivity contribution in [3.63, 3.8) is 0 Å². The molecular weight excluding hydrogens is 260 g/mol. The Labute approximate surface area is 118 Å². The fourth-order valence-electron chi connectivity index (χ4n) is 4.34. The van der Waals surface area contributed by atoms with Crippen molar-refractivity contribution in [3.05, 3.63) is 11.1 Å². The van der Waals surface area contributed by atoms with Gasteiger partial charge in [0, 0.05) is 17.6 Å². The smallest absolute Gasteiger partial charge is 0.336 e. The van der Waals surface area contributed by atoms with E-state index in [1.54, 1.807) is 6.92 Å². The Hall–Kier alpha value is -0.910. The maximum Gasteiger partial charge on any atom is 0.336 e. The highest BCUT2D eigenvalue weighted by Gasteiger charge is 2.56. The van der Waals surface area contributed by atoms with Crippen molar-refractivity contribution in [2.24, 2.45) is 17.3 Å². The molecular formula is C15H22O5. The van der Waals surface area contributed by atoms with Crippen LogP contribution in [0.1, 0.15) is 40.0 Å². The summed E-state index contributed by atoms with van der Waals surface area (Å²) in [6.07, 6.45) is -0.606. The molecule has 112 valence electrons. The Kier molecular flexibility index (Phi) is 2.85. The SMILES string of the molecule is CC1(C)C[C@@H]2[C@@H](O)C3=C(C[C@](C)(O)[C@H]2C1)C(=O)O[C@H]3O. The quantitative estimate of drug-likeness (QED) is 0.570. The fraction of sp³-hybridized carbons (Fsp3) is 0.800. The third-order valence-electron chi connectivity index (χ3n) is 5.21. The highest BCUT2D eigenvalue weighted by Crippen LogP contribution is 2.55. The minimum absolute atomic E-state index is 0.0345. The first-order valence-corrected chi connectivity index (χ1v) is 7.15. The van der Waals surface area contributed by atoms with Gasteiger partial charge in [0.15, 0.2) is 0 Å². The van der Waals surface area contributed by atoms with Crippen LogP contribution in [0.5, 0.6) is 0 Å². The van der Waals surface area contributed by atoms with E-state index < -0.39 is 24.0 Å². The van der Waals surface area contributed by atoms with Gasteiger partial charge in [-0.1, -0.05) is 13.8 Å². The van der Waals surface area contributed by atoms with Gasteiger partial charge in [-0.15, -0.1) is 0 Å². The molecule has 3 N–H and O–H groups in total. The summed E-state index contributed by atoms with van der Waals surface area (Å²) in [4.78, 5) is 11.8. The predicted molar refractivity (Wildman–Crippen MR) is 70.4 cm³/mol. The van der Waals surface area contributed by atoms with Gasteiger partial charge in [-0.05, 0) is 37.0 Å². The summed E-state index contributed by atoms with van der Waals surface area (Å²) in [6.45, 7) is 5.95. The molecule has 2 aliphatic carbocycles. The maximum atomic E-state index is 11.8. The van der Waals surface area contributed by atoms with Gasteiger partial charge in [0.1, 0.15) is 0 Å². The third-order valence-corrected chi connectivity index (χ3v) is 5.21. The molecule has 0 spiro atoms. The zero-order valence-electron chi connectivity index (χ0n) is 12.1. The average molecular weight is 282 g/mol. The number of fused-ring (bicyclic) bond motifs is 1. The average Bonchev–Trinajstić information content (AvgIpc) is 2.74. The number of hydrogen-bond acceptors (Lipinski definition) is 5. The lowest BCUT2D eigenvalue weighted by Crippen LogP contribution is -2.40. The molecule has 1 saturated carbocycles. The molecule has 1 aliphatic heterocycles. The molecule has 0 aromatic carbocycles. The molecule has 1 fully saturated rings. The third kappa shape index (κ3) is 1.91. The van der Waals surface area contributed by atoms with Gasteiger partial charge in [-0.25, -0.2) is 4.79 Å². The zero-order valence-corrected chi connectivity index (χ0v) is 12.1. The minimum atomic E-state index is -1.37. The topological polar surface area (TPSA) is 87.0 Å². The molecule has 0 saturated heterocycles. The summed E-state index contributed by atoms with van der Waals surface area (Å²) < 4.78 is 4.80. The second kappa shape index (κ2) is 4.06. The highest BCUT2D eigenvalue weighted by molar-refractivity contribution is 5.92. The van der Waals surface area contributed by atoms with E-state index in [-0.39, 0.29) is 34.8 Å². The molecule has 0 aromatic rings. The van der Waals surface area contributed by atoms with Crippen LogP contribution in [-0.2, 0) is 9.53 Å². The molecule has 1 heterocycles.